The highest BCUT2D eigenvalue weighted by atomic mass is 31.2. The Morgan fingerprint density at radius 3 is 1.10 bits per heavy atom. The Balaban J connectivity index is 4.29. The van der Waals surface area contributed by atoms with Crippen molar-refractivity contribution in [1.29, 1.82) is 0 Å². The lowest BCUT2D eigenvalue weighted by molar-refractivity contribution is -0.870. The zero-order valence-electron chi connectivity index (χ0n) is 54.8. The second-order valence-electron chi connectivity index (χ2n) is 23.8. The van der Waals surface area contributed by atoms with Crippen LogP contribution in [0.1, 0.15) is 271 Å². The first kappa shape index (κ1) is 80.4. The van der Waals surface area contributed by atoms with Crippen LogP contribution in [0.4, 0.5) is 0 Å². The molecule has 1 amide bonds. The zero-order chi connectivity index (χ0) is 61.2. The van der Waals surface area contributed by atoms with E-state index < -0.39 is 20.0 Å². The molecule has 0 saturated carbocycles. The van der Waals surface area contributed by atoms with Crippen molar-refractivity contribution in [2.45, 2.75) is 283 Å². The number of nitrogens with zero attached hydrogens (tertiary/aromatic N) is 1. The third-order valence-electron chi connectivity index (χ3n) is 14.5. The number of carbonyl (C=O) groups is 1. The van der Waals surface area contributed by atoms with Gasteiger partial charge in [-0.05, 0) is 116 Å². The van der Waals surface area contributed by atoms with Gasteiger partial charge in [-0.1, -0.05) is 295 Å². The normalized spacial score (nSPS) is 14.6. The lowest BCUT2D eigenvalue weighted by Gasteiger charge is -2.25. The number of nitrogens with one attached hydrogen (secondary N) is 1. The molecule has 0 fully saturated rings. The lowest BCUT2D eigenvalue weighted by Crippen LogP contribution is -2.45. The molecular weight excluding hydrogens is 1060 g/mol. The quantitative estimate of drug-likeness (QED) is 0.0243. The molecule has 3 unspecified atom stereocenters. The molecule has 0 rings (SSSR count). The number of unbranched alkanes of at least 4 members (excludes halogenated alkanes) is 26. The number of aliphatic hydroxyl groups is 1. The number of phosphoric ester groups is 1. The first-order valence-electron chi connectivity index (χ1n) is 34.2. The first-order valence-corrected chi connectivity index (χ1v) is 35.7. The average molecular weight is 1190 g/mol. The molecule has 8 nitrogen and oxygen atoms in total. The third-order valence-corrected chi connectivity index (χ3v) is 15.5. The summed E-state index contributed by atoms with van der Waals surface area (Å²) < 4.78 is 23.7. The maximum atomic E-state index is 13.0. The zero-order valence-corrected chi connectivity index (χ0v) is 55.7. The van der Waals surface area contributed by atoms with Crippen molar-refractivity contribution < 1.29 is 32.9 Å². The maximum Gasteiger partial charge on any atom is 0.472 e. The van der Waals surface area contributed by atoms with E-state index >= 15 is 0 Å². The molecule has 9 heteroatoms. The fraction of sp³-hybridized carbons (Fsp3) is 0.667. The number of rotatable bonds is 61. The first-order chi connectivity index (χ1) is 41.0. The van der Waals surface area contributed by atoms with E-state index in [9.17, 15) is 19.4 Å². The summed E-state index contributed by atoms with van der Waals surface area (Å²) in [7, 11) is 1.50. The van der Waals surface area contributed by atoms with E-state index in [0.717, 1.165) is 103 Å². The predicted molar refractivity (Wildman–Crippen MR) is 368 cm³/mol. The average Bonchev–Trinajstić information content (AvgIpc) is 3.56. The Kier molecular flexibility index (Phi) is 61.1. The number of hydrogen-bond acceptors (Lipinski definition) is 5. The van der Waals surface area contributed by atoms with E-state index in [1.807, 2.05) is 27.2 Å². The molecule has 0 bridgehead atoms. The van der Waals surface area contributed by atoms with Crippen LogP contribution in [-0.2, 0) is 18.4 Å². The predicted octanol–water partition coefficient (Wildman–Crippen LogP) is 22.0. The van der Waals surface area contributed by atoms with E-state index in [1.165, 1.54) is 141 Å². The van der Waals surface area contributed by atoms with E-state index in [0.29, 0.717) is 23.9 Å². The summed E-state index contributed by atoms with van der Waals surface area (Å²) in [5, 5.41) is 13.9. The Morgan fingerprint density at radius 1 is 0.417 bits per heavy atom. The molecular formula is C75H130N2O6P+. The van der Waals surface area contributed by atoms with Gasteiger partial charge in [-0.2, -0.15) is 0 Å². The van der Waals surface area contributed by atoms with Crippen LogP contribution in [0.15, 0.2) is 146 Å². The summed E-state index contributed by atoms with van der Waals surface area (Å²) in [6.07, 6.45) is 98.5. The molecule has 0 aromatic carbocycles. The summed E-state index contributed by atoms with van der Waals surface area (Å²) in [6.45, 7) is 4.65. The maximum absolute atomic E-state index is 13.0. The van der Waals surface area contributed by atoms with Crippen molar-refractivity contribution in [1.82, 2.24) is 5.32 Å². The molecule has 480 valence electrons. The molecule has 0 spiro atoms. The number of aliphatic hydroxyl groups excluding tert-OH is 1. The summed E-state index contributed by atoms with van der Waals surface area (Å²) in [5.74, 6) is -0.227. The summed E-state index contributed by atoms with van der Waals surface area (Å²) in [5.41, 5.74) is 0. The van der Waals surface area contributed by atoms with Crippen molar-refractivity contribution in [2.24, 2.45) is 0 Å². The van der Waals surface area contributed by atoms with Gasteiger partial charge in [-0.15, -0.1) is 0 Å². The molecule has 0 aliphatic carbocycles. The van der Waals surface area contributed by atoms with Crippen molar-refractivity contribution in [2.75, 3.05) is 40.9 Å². The molecule has 0 saturated heterocycles. The summed E-state index contributed by atoms with van der Waals surface area (Å²) >= 11 is 0. The van der Waals surface area contributed by atoms with Gasteiger partial charge in [0.25, 0.3) is 0 Å². The van der Waals surface area contributed by atoms with Crippen molar-refractivity contribution >= 4 is 13.7 Å². The van der Waals surface area contributed by atoms with Gasteiger partial charge in [-0.25, -0.2) is 4.57 Å². The van der Waals surface area contributed by atoms with Gasteiger partial charge >= 0.3 is 7.82 Å². The third kappa shape index (κ3) is 65.9. The monoisotopic (exact) mass is 1190 g/mol. The van der Waals surface area contributed by atoms with E-state index in [-0.39, 0.29) is 19.1 Å². The molecule has 0 aromatic heterocycles. The second-order valence-corrected chi connectivity index (χ2v) is 25.3. The molecule has 0 aromatic rings. The summed E-state index contributed by atoms with van der Waals surface area (Å²) in [4.78, 5) is 23.4. The second kappa shape index (κ2) is 63.9. The lowest BCUT2D eigenvalue weighted by atomic mass is 10.0. The summed E-state index contributed by atoms with van der Waals surface area (Å²) in [6, 6.07) is -0.902. The van der Waals surface area contributed by atoms with Crippen molar-refractivity contribution in [3.8, 4) is 0 Å². The standard InChI is InChI=1S/C75H129N2O6P/c1-6-8-10-12-14-16-18-20-22-24-26-28-30-32-34-36-38-40-42-44-46-48-50-52-54-56-58-60-62-64-66-68-74(78)73(72-83-84(80,81)82-71-70-77(3,4)5)76-75(79)69-67-65-63-61-59-57-55-53-51-49-47-45-43-41-39-37-35-33-31-29-27-25-23-21-19-17-15-13-11-9-7-2/h9,11,15,17,21,23,27,29,33,35,39,41,45,47,50-53,57-60,66,68,73-74,78H,6-8,10,12-14,16,18-20,22,24-26,28,30-32,34,36-38,40,42-44,46,48-49,54-56,61-65,67,69-72H2,1-5H3,(H-,76,79,80,81)/p+1/b11-9-,17-15-,23-21-,29-27-,35-33-,41-39-,47-45-,52-50+,53-51-,59-57-,60-58+,68-66+. The Bertz CT molecular complexity index is 1880. The van der Waals surface area contributed by atoms with Crippen LogP contribution in [-0.4, -0.2) is 73.4 Å². The van der Waals surface area contributed by atoms with Gasteiger partial charge in [0.15, 0.2) is 0 Å². The molecule has 3 atom stereocenters. The Hall–Kier alpha value is -3.62. The highest BCUT2D eigenvalue weighted by Gasteiger charge is 2.27. The number of allylic oxidation sites excluding steroid dienone is 23. The Labute approximate surface area is 519 Å². The molecule has 0 aliphatic heterocycles. The van der Waals surface area contributed by atoms with E-state index in [1.54, 1.807) is 6.08 Å². The van der Waals surface area contributed by atoms with Gasteiger partial charge in [0.05, 0.1) is 39.9 Å². The number of carbonyl (C=O) groups excluding carboxylic acids is 1. The van der Waals surface area contributed by atoms with Crippen molar-refractivity contribution in [3.63, 3.8) is 0 Å². The smallest absolute Gasteiger partial charge is 0.387 e. The Morgan fingerprint density at radius 2 is 0.726 bits per heavy atom. The number of amides is 1. The fourth-order valence-corrected chi connectivity index (χ4v) is 9.98. The van der Waals surface area contributed by atoms with Crippen LogP contribution in [0.3, 0.4) is 0 Å². The van der Waals surface area contributed by atoms with Crippen LogP contribution >= 0.6 is 7.82 Å². The number of phosphoric acid groups is 1. The fourth-order valence-electron chi connectivity index (χ4n) is 9.24. The topological polar surface area (TPSA) is 105 Å². The highest BCUT2D eigenvalue weighted by molar-refractivity contribution is 7.47. The van der Waals surface area contributed by atoms with Crippen LogP contribution in [0.25, 0.3) is 0 Å². The van der Waals surface area contributed by atoms with Gasteiger partial charge in [-0.3, -0.25) is 13.8 Å². The van der Waals surface area contributed by atoms with E-state index in [4.69, 9.17) is 9.05 Å². The number of quaternary nitrogens is 1. The van der Waals surface area contributed by atoms with E-state index in [2.05, 4.69) is 153 Å². The number of hydrogen-bond donors (Lipinski definition) is 3. The highest BCUT2D eigenvalue weighted by Crippen LogP contribution is 2.43. The van der Waals surface area contributed by atoms with Crippen LogP contribution in [0.2, 0.25) is 0 Å². The molecule has 3 N–H and O–H groups in total. The van der Waals surface area contributed by atoms with Gasteiger partial charge in [0.1, 0.15) is 13.2 Å². The molecule has 0 radical (unpaired) electrons. The largest absolute Gasteiger partial charge is 0.472 e. The van der Waals surface area contributed by atoms with Crippen LogP contribution < -0.4 is 5.32 Å². The van der Waals surface area contributed by atoms with Crippen LogP contribution in [0, 0.1) is 0 Å². The van der Waals surface area contributed by atoms with Gasteiger partial charge < -0.3 is 19.8 Å². The van der Waals surface area contributed by atoms with Crippen LogP contribution in [0.5, 0.6) is 0 Å². The molecule has 84 heavy (non-hydrogen) atoms. The van der Waals surface area contributed by atoms with Gasteiger partial charge in [0, 0.05) is 6.42 Å². The molecule has 0 heterocycles. The molecule has 0 aliphatic rings. The van der Waals surface area contributed by atoms with Gasteiger partial charge in [0.2, 0.25) is 5.91 Å². The number of likely N-dealkylation sites (N-methyl/N-ethyl adjacent to an activating group) is 1. The SMILES string of the molecule is CC/C=C\C/C=C\C/C=C\C/C=C\C/C=C\C/C=C\C/C=C\C/C=C\C/C=C\CCCCCC(=O)NC(COP(=O)(O)OCC[N+](C)(C)C)C(O)/C=C/CC/C=C/CC/C=C/CCCCCCCCCCCCCCCCCCCCCCC. The van der Waals surface area contributed by atoms with Crippen molar-refractivity contribution in [3.05, 3.63) is 146 Å². The minimum Gasteiger partial charge on any atom is -0.387 e. The minimum absolute atomic E-state index is 0.0383. The minimum atomic E-state index is -4.39.